The highest BCUT2D eigenvalue weighted by atomic mass is 15.4. The summed E-state index contributed by atoms with van der Waals surface area (Å²) in [5.41, 5.74) is 3.89. The van der Waals surface area contributed by atoms with Crippen LogP contribution in [0.5, 0.6) is 0 Å². The Bertz CT molecular complexity index is 361. The van der Waals surface area contributed by atoms with Crippen molar-refractivity contribution in [3.63, 3.8) is 0 Å². The summed E-state index contributed by atoms with van der Waals surface area (Å²) in [6.45, 7) is 7.35. The molecule has 0 radical (unpaired) electrons. The van der Waals surface area contributed by atoms with Crippen molar-refractivity contribution >= 4 is 0 Å². The van der Waals surface area contributed by atoms with Crippen molar-refractivity contribution in [1.82, 2.24) is 25.3 Å². The standard InChI is InChI=1S/C12H26N6/c1-6-8-18-10(9-14-16-18)11(15-13)12(3,7-2)17(4)5/h9,11,15H,6-8,13H2,1-5H3. The number of likely N-dealkylation sites (N-methyl/N-ethyl adjacent to an activating group) is 1. The molecule has 104 valence electrons. The number of aromatic nitrogens is 3. The first-order chi connectivity index (χ1) is 8.51. The zero-order chi connectivity index (χ0) is 13.8. The smallest absolute Gasteiger partial charge is 0.0825 e. The number of rotatable bonds is 7. The monoisotopic (exact) mass is 254 g/mol. The summed E-state index contributed by atoms with van der Waals surface area (Å²) in [6.07, 6.45) is 3.81. The Balaban J connectivity index is 3.11. The van der Waals surface area contributed by atoms with Crippen LogP contribution < -0.4 is 11.3 Å². The Hall–Kier alpha value is -0.980. The van der Waals surface area contributed by atoms with Crippen LogP contribution in [0.2, 0.25) is 0 Å². The summed E-state index contributed by atoms with van der Waals surface area (Å²) in [4.78, 5) is 2.20. The molecule has 0 saturated heterocycles. The van der Waals surface area contributed by atoms with Gasteiger partial charge < -0.3 is 4.90 Å². The van der Waals surface area contributed by atoms with Crippen LogP contribution in [0.25, 0.3) is 0 Å². The van der Waals surface area contributed by atoms with Crippen molar-refractivity contribution in [2.45, 2.75) is 51.7 Å². The second-order valence-corrected chi connectivity index (χ2v) is 5.09. The minimum atomic E-state index is -0.0814. The van der Waals surface area contributed by atoms with Crippen molar-refractivity contribution in [3.05, 3.63) is 11.9 Å². The van der Waals surface area contributed by atoms with E-state index < -0.39 is 0 Å². The number of aryl methyl sites for hydroxylation is 1. The van der Waals surface area contributed by atoms with Crippen molar-refractivity contribution < 1.29 is 0 Å². The molecule has 3 N–H and O–H groups in total. The van der Waals surface area contributed by atoms with E-state index in [0.29, 0.717) is 0 Å². The van der Waals surface area contributed by atoms with Gasteiger partial charge in [0.05, 0.1) is 17.9 Å². The molecule has 6 heteroatoms. The van der Waals surface area contributed by atoms with Crippen LogP contribution in [-0.4, -0.2) is 39.5 Å². The Morgan fingerprint density at radius 1 is 1.50 bits per heavy atom. The average molecular weight is 254 g/mol. The second kappa shape index (κ2) is 6.26. The van der Waals surface area contributed by atoms with Gasteiger partial charge in [-0.1, -0.05) is 19.1 Å². The van der Waals surface area contributed by atoms with E-state index in [-0.39, 0.29) is 11.6 Å². The summed E-state index contributed by atoms with van der Waals surface area (Å²) >= 11 is 0. The van der Waals surface area contributed by atoms with Gasteiger partial charge >= 0.3 is 0 Å². The second-order valence-electron chi connectivity index (χ2n) is 5.09. The number of hydrazine groups is 1. The molecule has 2 atom stereocenters. The Morgan fingerprint density at radius 2 is 2.17 bits per heavy atom. The molecular weight excluding hydrogens is 228 g/mol. The molecule has 0 fully saturated rings. The maximum Gasteiger partial charge on any atom is 0.0825 e. The van der Waals surface area contributed by atoms with Gasteiger partial charge in [-0.2, -0.15) is 0 Å². The molecule has 0 spiro atoms. The number of hydrogen-bond acceptors (Lipinski definition) is 5. The SMILES string of the molecule is CCCn1nncc1C(NN)C(C)(CC)N(C)C. The van der Waals surface area contributed by atoms with E-state index in [4.69, 9.17) is 5.84 Å². The average Bonchev–Trinajstić information content (AvgIpc) is 2.78. The summed E-state index contributed by atoms with van der Waals surface area (Å²) in [7, 11) is 4.14. The molecule has 0 aliphatic heterocycles. The van der Waals surface area contributed by atoms with Gasteiger partial charge in [0, 0.05) is 12.1 Å². The van der Waals surface area contributed by atoms with E-state index in [1.54, 1.807) is 6.20 Å². The van der Waals surface area contributed by atoms with Gasteiger partial charge in [-0.25, -0.2) is 10.1 Å². The third-order valence-corrected chi connectivity index (χ3v) is 3.90. The lowest BCUT2D eigenvalue weighted by Gasteiger charge is -2.42. The molecule has 0 bridgehead atoms. The number of hydrogen-bond donors (Lipinski definition) is 2. The summed E-state index contributed by atoms with van der Waals surface area (Å²) in [5.74, 6) is 5.78. The van der Waals surface area contributed by atoms with Crippen LogP contribution in [0.4, 0.5) is 0 Å². The number of nitrogens with one attached hydrogen (secondary N) is 1. The highest BCUT2D eigenvalue weighted by Gasteiger charge is 2.37. The first-order valence-electron chi connectivity index (χ1n) is 6.53. The topological polar surface area (TPSA) is 72.0 Å². The normalized spacial score (nSPS) is 16.8. The highest BCUT2D eigenvalue weighted by Crippen LogP contribution is 2.31. The van der Waals surface area contributed by atoms with Gasteiger partial charge in [0.1, 0.15) is 0 Å². The van der Waals surface area contributed by atoms with Crippen LogP contribution in [0.15, 0.2) is 6.20 Å². The fourth-order valence-corrected chi connectivity index (χ4v) is 2.24. The van der Waals surface area contributed by atoms with E-state index in [9.17, 15) is 0 Å². The van der Waals surface area contributed by atoms with E-state index in [0.717, 1.165) is 25.1 Å². The molecule has 0 aliphatic rings. The Kier molecular flexibility index (Phi) is 5.25. The van der Waals surface area contributed by atoms with Crippen LogP contribution in [0, 0.1) is 0 Å². The predicted molar refractivity (Wildman–Crippen MR) is 72.8 cm³/mol. The number of nitrogens with zero attached hydrogens (tertiary/aromatic N) is 4. The van der Waals surface area contributed by atoms with Gasteiger partial charge in [-0.3, -0.25) is 5.84 Å². The van der Waals surface area contributed by atoms with Gasteiger partial charge in [0.25, 0.3) is 0 Å². The van der Waals surface area contributed by atoms with Crippen molar-refractivity contribution in [2.75, 3.05) is 14.1 Å². The summed E-state index contributed by atoms with van der Waals surface area (Å²) in [5, 5.41) is 8.15. The molecule has 18 heavy (non-hydrogen) atoms. The van der Waals surface area contributed by atoms with E-state index in [2.05, 4.69) is 55.5 Å². The minimum absolute atomic E-state index is 0.000880. The van der Waals surface area contributed by atoms with Crippen LogP contribution in [0.3, 0.4) is 0 Å². The van der Waals surface area contributed by atoms with Crippen molar-refractivity contribution in [3.8, 4) is 0 Å². The molecule has 0 aromatic carbocycles. The summed E-state index contributed by atoms with van der Waals surface area (Å²) < 4.78 is 1.93. The number of nitrogens with two attached hydrogens (primary N) is 1. The highest BCUT2D eigenvalue weighted by molar-refractivity contribution is 5.11. The van der Waals surface area contributed by atoms with Gasteiger partial charge in [0.15, 0.2) is 0 Å². The molecule has 1 aromatic heterocycles. The van der Waals surface area contributed by atoms with Gasteiger partial charge in [-0.15, -0.1) is 5.10 Å². The molecule has 2 unspecified atom stereocenters. The third-order valence-electron chi connectivity index (χ3n) is 3.90. The molecule has 1 aromatic rings. The molecule has 0 saturated carbocycles. The Labute approximate surface area is 109 Å². The molecule has 0 amide bonds. The quantitative estimate of drug-likeness (QED) is 0.559. The van der Waals surface area contributed by atoms with Crippen LogP contribution in [0.1, 0.15) is 45.3 Å². The molecule has 0 aliphatic carbocycles. The van der Waals surface area contributed by atoms with E-state index in [1.807, 2.05) is 4.68 Å². The van der Waals surface area contributed by atoms with Gasteiger partial charge in [-0.05, 0) is 33.9 Å². The first-order valence-corrected chi connectivity index (χ1v) is 6.53. The largest absolute Gasteiger partial charge is 0.302 e. The molecule has 6 nitrogen and oxygen atoms in total. The lowest BCUT2D eigenvalue weighted by atomic mass is 9.86. The van der Waals surface area contributed by atoms with Gasteiger partial charge in [0.2, 0.25) is 0 Å². The zero-order valence-corrected chi connectivity index (χ0v) is 12.1. The maximum atomic E-state index is 5.78. The van der Waals surface area contributed by atoms with Crippen molar-refractivity contribution in [2.24, 2.45) is 5.84 Å². The first kappa shape index (κ1) is 15.1. The fraction of sp³-hybridized carbons (Fsp3) is 0.833. The lowest BCUT2D eigenvalue weighted by Crippen LogP contribution is -2.53. The minimum Gasteiger partial charge on any atom is -0.302 e. The van der Waals surface area contributed by atoms with E-state index >= 15 is 0 Å². The van der Waals surface area contributed by atoms with Crippen LogP contribution >= 0.6 is 0 Å². The maximum absolute atomic E-state index is 5.78. The molecule has 1 rings (SSSR count). The van der Waals surface area contributed by atoms with Crippen LogP contribution in [-0.2, 0) is 6.54 Å². The zero-order valence-electron chi connectivity index (χ0n) is 12.1. The van der Waals surface area contributed by atoms with E-state index in [1.165, 1.54) is 0 Å². The fourth-order valence-electron chi connectivity index (χ4n) is 2.24. The van der Waals surface area contributed by atoms with Crippen molar-refractivity contribution in [1.29, 1.82) is 0 Å². The third kappa shape index (κ3) is 2.71. The molecular formula is C12H26N6. The molecule has 1 heterocycles. The Morgan fingerprint density at radius 3 is 2.61 bits per heavy atom. The predicted octanol–water partition coefficient (Wildman–Crippen LogP) is 0.923. The summed E-state index contributed by atoms with van der Waals surface area (Å²) in [6, 6.07) is -0.000880. The lowest BCUT2D eigenvalue weighted by molar-refractivity contribution is 0.108.